The van der Waals surface area contributed by atoms with E-state index in [0.29, 0.717) is 44.9 Å². The normalized spacial score (nSPS) is 13.1. The van der Waals surface area contributed by atoms with Gasteiger partial charge in [-0.05, 0) is 63.4 Å². The number of carbonyl (C=O) groups is 2. The van der Waals surface area contributed by atoms with Crippen LogP contribution in [0.1, 0.15) is 33.0 Å². The highest BCUT2D eigenvalue weighted by Crippen LogP contribution is 2.45. The fraction of sp³-hybridized carbons (Fsp3) is 0.132. The maximum absolute atomic E-state index is 13.7. The molecule has 8 rings (SSSR count). The number of anilines is 2. The number of nitrogens with zero attached hydrogens (tertiary/aromatic N) is 4. The molecule has 2 amide bonds. The Labute approximate surface area is 296 Å². The number of para-hydroxylation sites is 1. The minimum absolute atomic E-state index is 0.0613. The zero-order chi connectivity index (χ0) is 34.0. The third kappa shape index (κ3) is 6.13. The minimum atomic E-state index is -0.469. The molecule has 2 aromatic heterocycles. The number of benzene rings is 4. The fourth-order valence-electron chi connectivity index (χ4n) is 6.34. The van der Waals surface area contributed by atoms with Crippen molar-refractivity contribution in [2.24, 2.45) is 0 Å². The summed E-state index contributed by atoms with van der Waals surface area (Å²) in [5.41, 5.74) is 7.56. The van der Waals surface area contributed by atoms with Crippen LogP contribution in [0.2, 0.25) is 5.02 Å². The van der Waals surface area contributed by atoms with E-state index < -0.39 is 12.0 Å². The van der Waals surface area contributed by atoms with Crippen molar-refractivity contribution in [3.63, 3.8) is 0 Å². The Kier molecular flexibility index (Phi) is 8.57. The molecule has 0 unspecified atom stereocenters. The van der Waals surface area contributed by atoms with Gasteiger partial charge in [0.05, 0.1) is 17.8 Å². The number of aromatic nitrogens is 3. The van der Waals surface area contributed by atoms with Gasteiger partial charge in [0.1, 0.15) is 19.8 Å². The molecule has 248 valence electrons. The number of pyridine rings is 1. The summed E-state index contributed by atoms with van der Waals surface area (Å²) >= 11 is 7.07. The first-order valence-corrected chi connectivity index (χ1v) is 17.1. The Balaban J connectivity index is 0.988. The number of hydrogen-bond donors (Lipinski definition) is 1. The third-order valence-corrected chi connectivity index (χ3v) is 9.66. The molecule has 3 heterocycles. The highest BCUT2D eigenvalue weighted by atomic mass is 35.5. The van der Waals surface area contributed by atoms with Gasteiger partial charge in [0.15, 0.2) is 5.75 Å². The van der Waals surface area contributed by atoms with Gasteiger partial charge >= 0.3 is 6.09 Å². The van der Waals surface area contributed by atoms with Crippen molar-refractivity contribution in [3.05, 3.63) is 137 Å². The molecule has 0 radical (unpaired) electrons. The van der Waals surface area contributed by atoms with Crippen molar-refractivity contribution in [2.45, 2.75) is 12.5 Å². The van der Waals surface area contributed by atoms with Gasteiger partial charge in [0.25, 0.3) is 11.1 Å². The molecule has 10 nitrogen and oxygen atoms in total. The lowest BCUT2D eigenvalue weighted by atomic mass is 9.98. The SMILES string of the molecule is O=C(Nc1nnc(OCc2ccc(Cl)cc2)s1)c1ccncc1-c1cccc2c1OCCN2C(=O)OCC1c2ccccc2-c2ccccc21. The number of ether oxygens (including phenoxy) is 3. The van der Waals surface area contributed by atoms with Crippen LogP contribution in [0.5, 0.6) is 10.9 Å². The molecule has 1 aliphatic carbocycles. The van der Waals surface area contributed by atoms with Crippen LogP contribution in [0.4, 0.5) is 15.6 Å². The molecular weight excluding hydrogens is 674 g/mol. The van der Waals surface area contributed by atoms with E-state index in [9.17, 15) is 9.59 Å². The number of halogens is 1. The van der Waals surface area contributed by atoms with Gasteiger partial charge in [0.2, 0.25) is 5.13 Å². The van der Waals surface area contributed by atoms with Gasteiger partial charge in [-0.15, -0.1) is 5.10 Å². The average molecular weight is 702 g/mol. The summed E-state index contributed by atoms with van der Waals surface area (Å²) in [6, 6.07) is 30.8. The van der Waals surface area contributed by atoms with Crippen molar-refractivity contribution in [2.75, 3.05) is 30.0 Å². The lowest BCUT2D eigenvalue weighted by Gasteiger charge is -2.30. The number of hydrogen-bond acceptors (Lipinski definition) is 9. The van der Waals surface area contributed by atoms with Crippen molar-refractivity contribution < 1.29 is 23.8 Å². The van der Waals surface area contributed by atoms with Crippen LogP contribution in [-0.2, 0) is 11.3 Å². The smallest absolute Gasteiger partial charge is 0.414 e. The maximum atomic E-state index is 13.7. The van der Waals surface area contributed by atoms with Gasteiger partial charge in [-0.25, -0.2) is 4.79 Å². The van der Waals surface area contributed by atoms with Crippen LogP contribution in [0.25, 0.3) is 22.3 Å². The zero-order valence-corrected chi connectivity index (χ0v) is 28.0. The topological polar surface area (TPSA) is 116 Å². The van der Waals surface area contributed by atoms with Crippen molar-refractivity contribution in [1.29, 1.82) is 0 Å². The molecule has 6 aromatic rings. The molecule has 0 saturated heterocycles. The second-order valence-electron chi connectivity index (χ2n) is 11.6. The standard InChI is InChI=1S/C38H28ClN5O5S/c39-24-14-12-23(13-15-24)21-48-37-43-42-36(50-37)41-35(45)30-16-17-40-20-31(30)29-10-5-11-33-34(29)47-19-18-44(33)38(46)49-22-32-27-8-3-1-6-25(27)26-7-2-4-9-28(26)32/h1-17,20,32H,18-19,21-22H2,(H,41,42,45). The predicted octanol–water partition coefficient (Wildman–Crippen LogP) is 8.23. The molecule has 50 heavy (non-hydrogen) atoms. The minimum Gasteiger partial charge on any atom is -0.489 e. The van der Waals surface area contributed by atoms with Gasteiger partial charge < -0.3 is 14.2 Å². The Morgan fingerprint density at radius 3 is 2.40 bits per heavy atom. The van der Waals surface area contributed by atoms with E-state index in [-0.39, 0.29) is 30.9 Å². The van der Waals surface area contributed by atoms with Crippen LogP contribution in [0.15, 0.2) is 109 Å². The van der Waals surface area contributed by atoms with E-state index >= 15 is 0 Å². The summed E-state index contributed by atoms with van der Waals surface area (Å²) in [6.07, 6.45) is 2.67. The molecule has 2 aliphatic rings. The van der Waals surface area contributed by atoms with Gasteiger partial charge in [-0.3, -0.25) is 20.0 Å². The molecule has 1 N–H and O–H groups in total. The molecular formula is C38H28ClN5O5S. The van der Waals surface area contributed by atoms with Crippen LogP contribution < -0.4 is 19.7 Å². The number of fused-ring (bicyclic) bond motifs is 4. The molecule has 0 saturated carbocycles. The predicted molar refractivity (Wildman–Crippen MR) is 191 cm³/mol. The average Bonchev–Trinajstić information content (AvgIpc) is 3.74. The lowest BCUT2D eigenvalue weighted by molar-refractivity contribution is 0.102. The van der Waals surface area contributed by atoms with Gasteiger partial charge in [-0.1, -0.05) is 89.5 Å². The third-order valence-electron chi connectivity index (χ3n) is 8.66. The quantitative estimate of drug-likeness (QED) is 0.169. The molecule has 1 aliphatic heterocycles. The van der Waals surface area contributed by atoms with E-state index in [2.05, 4.69) is 44.8 Å². The lowest BCUT2D eigenvalue weighted by Crippen LogP contribution is -2.39. The second-order valence-corrected chi connectivity index (χ2v) is 13.0. The zero-order valence-electron chi connectivity index (χ0n) is 26.4. The Morgan fingerprint density at radius 2 is 1.62 bits per heavy atom. The molecule has 0 bridgehead atoms. The van der Waals surface area contributed by atoms with Crippen LogP contribution in [0.3, 0.4) is 0 Å². The fourth-order valence-corrected chi connectivity index (χ4v) is 7.05. The van der Waals surface area contributed by atoms with Crippen LogP contribution in [0, 0.1) is 0 Å². The summed E-state index contributed by atoms with van der Waals surface area (Å²) in [7, 11) is 0. The first-order chi connectivity index (χ1) is 24.5. The van der Waals surface area contributed by atoms with E-state index in [1.54, 1.807) is 35.5 Å². The Hall–Kier alpha value is -5.78. The largest absolute Gasteiger partial charge is 0.489 e. The van der Waals surface area contributed by atoms with Gasteiger partial charge in [0, 0.05) is 34.5 Å². The summed E-state index contributed by atoms with van der Waals surface area (Å²) in [6.45, 7) is 1.04. The van der Waals surface area contributed by atoms with Gasteiger partial charge in [-0.2, -0.15) is 0 Å². The van der Waals surface area contributed by atoms with Crippen LogP contribution in [-0.4, -0.2) is 46.9 Å². The summed E-state index contributed by atoms with van der Waals surface area (Å²) < 4.78 is 17.9. The van der Waals surface area contributed by atoms with E-state index in [4.69, 9.17) is 25.8 Å². The van der Waals surface area contributed by atoms with Crippen LogP contribution >= 0.6 is 22.9 Å². The highest BCUT2D eigenvalue weighted by Gasteiger charge is 2.32. The molecule has 4 aromatic carbocycles. The van der Waals surface area contributed by atoms with E-state index in [0.717, 1.165) is 39.2 Å². The summed E-state index contributed by atoms with van der Waals surface area (Å²) in [5.74, 6) is -0.0125. The molecule has 0 fully saturated rings. The first-order valence-electron chi connectivity index (χ1n) is 15.9. The highest BCUT2D eigenvalue weighted by molar-refractivity contribution is 7.17. The Morgan fingerprint density at radius 1 is 0.880 bits per heavy atom. The van der Waals surface area contributed by atoms with E-state index in [1.165, 1.54) is 0 Å². The Bertz CT molecular complexity index is 2180. The van der Waals surface area contributed by atoms with E-state index in [1.807, 2.05) is 54.6 Å². The maximum Gasteiger partial charge on any atom is 0.414 e. The summed E-state index contributed by atoms with van der Waals surface area (Å²) in [4.78, 5) is 33.1. The second kappa shape index (κ2) is 13.6. The number of amides is 2. The van der Waals surface area contributed by atoms with Crippen molar-refractivity contribution in [1.82, 2.24) is 15.2 Å². The van der Waals surface area contributed by atoms with Crippen molar-refractivity contribution >= 4 is 45.8 Å². The summed E-state index contributed by atoms with van der Waals surface area (Å²) in [5, 5.41) is 12.2. The molecule has 12 heteroatoms. The first kappa shape index (κ1) is 31.5. The molecule has 0 spiro atoms. The molecule has 0 atom stereocenters. The number of nitrogens with one attached hydrogen (secondary N) is 1. The number of rotatable bonds is 8. The monoisotopic (exact) mass is 701 g/mol. The number of carbonyl (C=O) groups excluding carboxylic acids is 2. The van der Waals surface area contributed by atoms with Crippen molar-refractivity contribution in [3.8, 4) is 33.2 Å².